The van der Waals surface area contributed by atoms with Gasteiger partial charge in [0, 0.05) is 43.7 Å². The minimum Gasteiger partial charge on any atom is -0.314 e. The molecule has 2 rings (SSSR count). The van der Waals surface area contributed by atoms with Gasteiger partial charge in [0.15, 0.2) is 0 Å². The molecule has 1 aliphatic heterocycles. The summed E-state index contributed by atoms with van der Waals surface area (Å²) >= 11 is 6.13. The Kier molecular flexibility index (Phi) is 7.46. The maximum absolute atomic E-state index is 12.6. The van der Waals surface area contributed by atoms with Crippen molar-refractivity contribution in [1.29, 1.82) is 0 Å². The molecular weight excluding hydrogens is 336 g/mol. The fourth-order valence-corrected chi connectivity index (χ4v) is 2.86. The number of benzene rings is 1. The lowest BCUT2D eigenvalue weighted by atomic mass is 9.98. The van der Waals surface area contributed by atoms with Crippen molar-refractivity contribution in [3.63, 3.8) is 0 Å². The van der Waals surface area contributed by atoms with Crippen molar-refractivity contribution in [2.24, 2.45) is 0 Å². The van der Waals surface area contributed by atoms with Crippen molar-refractivity contribution in [2.45, 2.75) is 32.0 Å². The van der Waals surface area contributed by atoms with Crippen LogP contribution in [0.1, 0.15) is 30.0 Å². The first-order valence-corrected chi connectivity index (χ1v) is 7.52. The van der Waals surface area contributed by atoms with E-state index >= 15 is 0 Å². The second kappa shape index (κ2) is 8.39. The molecule has 1 fully saturated rings. The van der Waals surface area contributed by atoms with Crippen LogP contribution in [0.3, 0.4) is 0 Å². The zero-order chi connectivity index (χ0) is 15.5. The molecule has 1 aromatic carbocycles. The van der Waals surface area contributed by atoms with Crippen molar-refractivity contribution in [3.8, 4) is 0 Å². The number of rotatable bonds is 4. The molecule has 1 heterocycles. The van der Waals surface area contributed by atoms with Crippen LogP contribution in [-0.4, -0.2) is 37.3 Å². The molecule has 1 N–H and O–H groups in total. The summed E-state index contributed by atoms with van der Waals surface area (Å²) in [5, 5.41) is 3.83. The Morgan fingerprint density at radius 1 is 1.27 bits per heavy atom. The smallest absolute Gasteiger partial charge is 0.314 e. The molecule has 1 aliphatic rings. The summed E-state index contributed by atoms with van der Waals surface area (Å²) in [4.78, 5) is 2.11. The monoisotopic (exact) mass is 356 g/mol. The van der Waals surface area contributed by atoms with Gasteiger partial charge in [-0.05, 0) is 30.5 Å². The van der Waals surface area contributed by atoms with Crippen LogP contribution in [0.15, 0.2) is 18.2 Å². The molecule has 1 saturated heterocycles. The number of hydrogen-bond donors (Lipinski definition) is 1. The van der Waals surface area contributed by atoms with E-state index in [-0.39, 0.29) is 24.9 Å². The van der Waals surface area contributed by atoms with Crippen LogP contribution in [0.5, 0.6) is 0 Å². The van der Waals surface area contributed by atoms with Crippen LogP contribution in [0.4, 0.5) is 13.2 Å². The average Bonchev–Trinajstić information content (AvgIpc) is 2.43. The molecule has 0 saturated carbocycles. The molecule has 0 aliphatic carbocycles. The summed E-state index contributed by atoms with van der Waals surface area (Å²) in [6.45, 7) is 5.02. The SMILES string of the molecule is Cc1ccc([C@@H](CCC(F)(F)F)N2CCNCC2)cc1Cl.Cl. The van der Waals surface area contributed by atoms with Crippen molar-refractivity contribution >= 4 is 24.0 Å². The minimum atomic E-state index is -4.12. The Balaban J connectivity index is 0.00000242. The third-order valence-corrected chi connectivity index (χ3v) is 4.28. The number of alkyl halides is 3. The van der Waals surface area contributed by atoms with E-state index in [0.29, 0.717) is 5.02 Å². The van der Waals surface area contributed by atoms with Crippen LogP contribution in [0.2, 0.25) is 5.02 Å². The van der Waals surface area contributed by atoms with Crippen molar-refractivity contribution in [1.82, 2.24) is 10.2 Å². The highest BCUT2D eigenvalue weighted by Gasteiger charge is 2.31. The lowest BCUT2D eigenvalue weighted by Gasteiger charge is -2.35. The second-order valence-electron chi connectivity index (χ2n) is 5.46. The Labute approximate surface area is 140 Å². The van der Waals surface area contributed by atoms with Crippen molar-refractivity contribution in [3.05, 3.63) is 34.3 Å². The van der Waals surface area contributed by atoms with E-state index in [2.05, 4.69) is 10.2 Å². The molecule has 126 valence electrons. The molecule has 0 radical (unpaired) electrons. The topological polar surface area (TPSA) is 15.3 Å². The van der Waals surface area contributed by atoms with Gasteiger partial charge in [0.2, 0.25) is 0 Å². The van der Waals surface area contributed by atoms with Crippen LogP contribution in [0.25, 0.3) is 0 Å². The number of hydrogen-bond acceptors (Lipinski definition) is 2. The Bertz CT molecular complexity index is 474. The summed E-state index contributed by atoms with van der Waals surface area (Å²) in [6, 6.07) is 5.34. The number of aryl methyl sites for hydroxylation is 1. The van der Waals surface area contributed by atoms with Gasteiger partial charge in [-0.25, -0.2) is 0 Å². The van der Waals surface area contributed by atoms with E-state index < -0.39 is 12.6 Å². The standard InChI is InChI=1S/C15H20ClF3N2.ClH/c1-11-2-3-12(10-13(11)16)14(4-5-15(17,18)19)21-8-6-20-7-9-21;/h2-3,10,14,20H,4-9H2,1H3;1H/t14-;/m1./s1. The maximum Gasteiger partial charge on any atom is 0.389 e. The highest BCUT2D eigenvalue weighted by Crippen LogP contribution is 2.33. The van der Waals surface area contributed by atoms with Crippen LogP contribution < -0.4 is 5.32 Å². The van der Waals surface area contributed by atoms with Gasteiger partial charge in [-0.1, -0.05) is 23.7 Å². The van der Waals surface area contributed by atoms with E-state index in [1.807, 2.05) is 19.1 Å². The zero-order valence-corrected chi connectivity index (χ0v) is 14.0. The highest BCUT2D eigenvalue weighted by atomic mass is 35.5. The third kappa shape index (κ3) is 5.61. The molecule has 1 atom stereocenters. The molecule has 1 aromatic rings. The maximum atomic E-state index is 12.6. The van der Waals surface area contributed by atoms with E-state index in [1.165, 1.54) is 0 Å². The average molecular weight is 357 g/mol. The predicted octanol–water partition coefficient (Wildman–Crippen LogP) is 4.36. The lowest BCUT2D eigenvalue weighted by molar-refractivity contribution is -0.138. The first-order valence-electron chi connectivity index (χ1n) is 7.14. The van der Waals surface area contributed by atoms with E-state index in [1.54, 1.807) is 6.07 Å². The predicted molar refractivity (Wildman–Crippen MR) is 85.9 cm³/mol. The Morgan fingerprint density at radius 3 is 2.45 bits per heavy atom. The second-order valence-corrected chi connectivity index (χ2v) is 5.87. The summed E-state index contributed by atoms with van der Waals surface area (Å²) in [5.41, 5.74) is 1.81. The fraction of sp³-hybridized carbons (Fsp3) is 0.600. The summed E-state index contributed by atoms with van der Waals surface area (Å²) in [7, 11) is 0. The van der Waals surface area contributed by atoms with Gasteiger partial charge >= 0.3 is 6.18 Å². The number of piperazine rings is 1. The normalized spacial score (nSPS) is 17.9. The first-order chi connectivity index (χ1) is 9.87. The molecule has 0 spiro atoms. The highest BCUT2D eigenvalue weighted by molar-refractivity contribution is 6.31. The van der Waals surface area contributed by atoms with E-state index in [9.17, 15) is 13.2 Å². The Hall–Kier alpha value is -0.490. The molecular formula is C15H21Cl2F3N2. The summed E-state index contributed by atoms with van der Waals surface area (Å²) in [6.07, 6.45) is -4.82. The lowest BCUT2D eigenvalue weighted by Crippen LogP contribution is -2.45. The molecule has 22 heavy (non-hydrogen) atoms. The van der Waals surface area contributed by atoms with Crippen molar-refractivity contribution in [2.75, 3.05) is 26.2 Å². The fourth-order valence-electron chi connectivity index (χ4n) is 2.67. The summed E-state index contributed by atoms with van der Waals surface area (Å²) in [5.74, 6) is 0. The molecule has 7 heteroatoms. The molecule has 2 nitrogen and oxygen atoms in total. The molecule has 0 unspecified atom stereocenters. The molecule has 0 bridgehead atoms. The van der Waals surface area contributed by atoms with Crippen molar-refractivity contribution < 1.29 is 13.2 Å². The number of nitrogens with one attached hydrogen (secondary N) is 1. The minimum absolute atomic E-state index is 0. The quantitative estimate of drug-likeness (QED) is 0.862. The van der Waals surface area contributed by atoms with Crippen LogP contribution in [0, 0.1) is 6.92 Å². The summed E-state index contributed by atoms with van der Waals surface area (Å²) < 4.78 is 37.8. The third-order valence-electron chi connectivity index (χ3n) is 3.87. The van der Waals surface area contributed by atoms with Gasteiger partial charge in [0.05, 0.1) is 0 Å². The zero-order valence-electron chi connectivity index (χ0n) is 12.4. The van der Waals surface area contributed by atoms with E-state index in [0.717, 1.165) is 37.3 Å². The van der Waals surface area contributed by atoms with Crippen LogP contribution in [-0.2, 0) is 0 Å². The van der Waals surface area contributed by atoms with E-state index in [4.69, 9.17) is 11.6 Å². The number of halogens is 5. The largest absolute Gasteiger partial charge is 0.389 e. The van der Waals surface area contributed by atoms with Crippen LogP contribution >= 0.6 is 24.0 Å². The van der Waals surface area contributed by atoms with Gasteiger partial charge < -0.3 is 5.32 Å². The molecule has 0 aromatic heterocycles. The van der Waals surface area contributed by atoms with Gasteiger partial charge in [0.1, 0.15) is 0 Å². The Morgan fingerprint density at radius 2 is 1.91 bits per heavy atom. The number of nitrogens with zero attached hydrogens (tertiary/aromatic N) is 1. The van der Waals surface area contributed by atoms with Gasteiger partial charge in [0.25, 0.3) is 0 Å². The molecule has 0 amide bonds. The van der Waals surface area contributed by atoms with Gasteiger partial charge in [-0.15, -0.1) is 12.4 Å². The van der Waals surface area contributed by atoms with Gasteiger partial charge in [-0.2, -0.15) is 13.2 Å². The van der Waals surface area contributed by atoms with Gasteiger partial charge in [-0.3, -0.25) is 4.90 Å². The first kappa shape index (κ1) is 19.6.